The van der Waals surface area contributed by atoms with E-state index in [4.69, 9.17) is 13.9 Å². The normalized spacial score (nSPS) is 18.6. The van der Waals surface area contributed by atoms with Crippen LogP contribution < -0.4 is 10.1 Å². The summed E-state index contributed by atoms with van der Waals surface area (Å²) in [7, 11) is 0. The second-order valence-corrected chi connectivity index (χ2v) is 6.98. The third-order valence-electron chi connectivity index (χ3n) is 4.64. The Bertz CT molecular complexity index is 926. The van der Waals surface area contributed by atoms with E-state index in [1.807, 2.05) is 18.2 Å². The summed E-state index contributed by atoms with van der Waals surface area (Å²) in [4.78, 5) is 24.8. The monoisotopic (exact) mass is 474 g/mol. The van der Waals surface area contributed by atoms with E-state index in [9.17, 15) is 27.9 Å². The van der Waals surface area contributed by atoms with Gasteiger partial charge in [-0.25, -0.2) is 9.59 Å². The highest BCUT2D eigenvalue weighted by Crippen LogP contribution is 2.31. The molecule has 0 bridgehead atoms. The van der Waals surface area contributed by atoms with Crippen molar-refractivity contribution >= 4 is 12.2 Å². The van der Waals surface area contributed by atoms with Gasteiger partial charge in [-0.05, 0) is 18.4 Å². The first-order valence-electron chi connectivity index (χ1n) is 9.85. The molecule has 0 aliphatic carbocycles. The summed E-state index contributed by atoms with van der Waals surface area (Å²) in [5, 5.41) is 19.5. The molecule has 2 aromatic rings. The summed E-state index contributed by atoms with van der Waals surface area (Å²) < 4.78 is 54.7. The number of alkyl carbamates (subject to hydrolysis) is 1. The first-order chi connectivity index (χ1) is 15.7. The summed E-state index contributed by atoms with van der Waals surface area (Å²) in [6.07, 6.45) is -6.51. The molecule has 1 aromatic carbocycles. The number of amides is 2. The second-order valence-electron chi connectivity index (χ2n) is 6.98. The number of alkyl halides is 3. The zero-order valence-electron chi connectivity index (χ0n) is 17.2. The average Bonchev–Trinajstić information content (AvgIpc) is 3.24. The number of likely N-dealkylation sites (tertiary alicyclic amines) is 1. The summed E-state index contributed by atoms with van der Waals surface area (Å²) >= 11 is 0. The minimum Gasteiger partial charge on any atom is -0.465 e. The fourth-order valence-electron chi connectivity index (χ4n) is 3.19. The largest absolute Gasteiger partial charge is 0.522 e. The lowest BCUT2D eigenvalue weighted by atomic mass is 9.98. The Morgan fingerprint density at radius 1 is 1.18 bits per heavy atom. The van der Waals surface area contributed by atoms with E-state index in [1.54, 1.807) is 12.1 Å². The summed E-state index contributed by atoms with van der Waals surface area (Å²) in [6, 6.07) is 7.76. The van der Waals surface area contributed by atoms with Crippen LogP contribution in [-0.2, 0) is 16.1 Å². The van der Waals surface area contributed by atoms with Gasteiger partial charge < -0.3 is 24.3 Å². The maximum absolute atomic E-state index is 12.1. The van der Waals surface area contributed by atoms with Gasteiger partial charge in [-0.15, -0.1) is 18.3 Å². The number of nitrogens with one attached hydrogen (secondary N) is 1. The lowest BCUT2D eigenvalue weighted by Gasteiger charge is -2.36. The van der Waals surface area contributed by atoms with Gasteiger partial charge in [0.25, 0.3) is 0 Å². The lowest BCUT2D eigenvalue weighted by Crippen LogP contribution is -2.50. The number of carboxylic acid groups (broad SMARTS) is 1. The molecular formula is C19H21F3N4O7. The average molecular weight is 474 g/mol. The Morgan fingerprint density at radius 2 is 1.94 bits per heavy atom. The zero-order chi connectivity index (χ0) is 23.8. The number of benzene rings is 1. The molecule has 11 nitrogen and oxygen atoms in total. The van der Waals surface area contributed by atoms with E-state index < -0.39 is 49.9 Å². The van der Waals surface area contributed by atoms with Crippen molar-refractivity contribution in [2.24, 2.45) is 0 Å². The molecule has 1 aliphatic heterocycles. The number of nitrogens with zero attached hydrogens (tertiary/aromatic N) is 3. The minimum absolute atomic E-state index is 0.0571. The third-order valence-corrected chi connectivity index (χ3v) is 4.64. The molecule has 14 heteroatoms. The highest BCUT2D eigenvalue weighted by Gasteiger charge is 2.37. The Balaban J connectivity index is 1.50. The standard InChI is InChI=1S/C19H21F3N4O7/c20-19(21,22)32-9-8-30-17-25-24-15(33-17)14-7-6-13(10-26(14)18(28)29)23-16(27)31-11-12-4-2-1-3-5-12/h1-5,13-14H,6-11H2,(H,23,27)(H,28,29)/t13-,14+/m0/s1. The van der Waals surface area contributed by atoms with E-state index in [0.29, 0.717) is 6.42 Å². The molecule has 2 N–H and O–H groups in total. The fourth-order valence-corrected chi connectivity index (χ4v) is 3.19. The number of carbonyl (C=O) groups excluding carboxylic acids is 1. The van der Waals surface area contributed by atoms with Crippen LogP contribution in [-0.4, -0.2) is 64.6 Å². The van der Waals surface area contributed by atoms with Gasteiger partial charge in [0.15, 0.2) is 0 Å². The first kappa shape index (κ1) is 24.1. The molecule has 180 valence electrons. The third kappa shape index (κ3) is 7.52. The Hall–Kier alpha value is -3.55. The van der Waals surface area contributed by atoms with Gasteiger partial charge in [0, 0.05) is 6.54 Å². The summed E-state index contributed by atoms with van der Waals surface area (Å²) in [5.41, 5.74) is 0.808. The van der Waals surface area contributed by atoms with E-state index in [1.165, 1.54) is 0 Å². The predicted molar refractivity (Wildman–Crippen MR) is 102 cm³/mol. The van der Waals surface area contributed by atoms with Crippen LogP contribution in [0.3, 0.4) is 0 Å². The molecule has 2 heterocycles. The van der Waals surface area contributed by atoms with Crippen molar-refractivity contribution in [3.05, 3.63) is 41.8 Å². The van der Waals surface area contributed by atoms with Crippen molar-refractivity contribution in [3.63, 3.8) is 0 Å². The van der Waals surface area contributed by atoms with E-state index in [0.717, 1.165) is 10.5 Å². The van der Waals surface area contributed by atoms with E-state index >= 15 is 0 Å². The Labute approximate surface area is 185 Å². The number of piperidine rings is 1. The van der Waals surface area contributed by atoms with Crippen molar-refractivity contribution in [2.45, 2.75) is 37.9 Å². The molecule has 0 radical (unpaired) electrons. The van der Waals surface area contributed by atoms with Crippen LogP contribution >= 0.6 is 0 Å². The molecule has 3 rings (SSSR count). The number of hydrogen-bond donors (Lipinski definition) is 2. The topological polar surface area (TPSA) is 136 Å². The van der Waals surface area contributed by atoms with Crippen molar-refractivity contribution in [1.82, 2.24) is 20.4 Å². The fraction of sp³-hybridized carbons (Fsp3) is 0.474. The molecule has 1 aromatic heterocycles. The molecule has 2 amide bonds. The summed E-state index contributed by atoms with van der Waals surface area (Å²) in [6.45, 7) is -1.26. The zero-order valence-corrected chi connectivity index (χ0v) is 17.2. The van der Waals surface area contributed by atoms with Crippen LogP contribution in [0.4, 0.5) is 22.8 Å². The van der Waals surface area contributed by atoms with E-state index in [2.05, 4.69) is 20.3 Å². The van der Waals surface area contributed by atoms with Crippen molar-refractivity contribution < 1.29 is 46.5 Å². The molecule has 0 spiro atoms. The van der Waals surface area contributed by atoms with Gasteiger partial charge in [-0.2, -0.15) is 0 Å². The maximum Gasteiger partial charge on any atom is 0.522 e. The van der Waals surface area contributed by atoms with Gasteiger partial charge in [-0.3, -0.25) is 9.64 Å². The molecule has 1 saturated heterocycles. The molecule has 1 aliphatic rings. The molecule has 2 atom stereocenters. The number of hydrogen-bond acceptors (Lipinski definition) is 8. The van der Waals surface area contributed by atoms with Crippen LogP contribution in [0.25, 0.3) is 0 Å². The van der Waals surface area contributed by atoms with Crippen molar-refractivity contribution in [3.8, 4) is 6.08 Å². The Kier molecular flexibility index (Phi) is 7.92. The van der Waals surface area contributed by atoms with Crippen molar-refractivity contribution in [1.29, 1.82) is 0 Å². The van der Waals surface area contributed by atoms with Gasteiger partial charge in [0.05, 0.1) is 12.6 Å². The molecule has 0 saturated carbocycles. The quantitative estimate of drug-likeness (QED) is 0.553. The van der Waals surface area contributed by atoms with E-state index in [-0.39, 0.29) is 25.5 Å². The highest BCUT2D eigenvalue weighted by atomic mass is 19.4. The maximum atomic E-state index is 12.1. The molecular weight excluding hydrogens is 453 g/mol. The van der Waals surface area contributed by atoms with Gasteiger partial charge in [0.1, 0.15) is 19.3 Å². The minimum atomic E-state index is -4.79. The van der Waals surface area contributed by atoms with Crippen LogP contribution in [0.2, 0.25) is 0 Å². The smallest absolute Gasteiger partial charge is 0.465 e. The van der Waals surface area contributed by atoms with Gasteiger partial charge >= 0.3 is 24.6 Å². The van der Waals surface area contributed by atoms with Crippen LogP contribution in [0, 0.1) is 0 Å². The number of aromatic nitrogens is 2. The van der Waals surface area contributed by atoms with Crippen LogP contribution in [0.1, 0.15) is 30.3 Å². The number of halogens is 3. The first-order valence-corrected chi connectivity index (χ1v) is 9.85. The molecule has 33 heavy (non-hydrogen) atoms. The van der Waals surface area contributed by atoms with Crippen LogP contribution in [0.15, 0.2) is 34.7 Å². The predicted octanol–water partition coefficient (Wildman–Crippen LogP) is 3.09. The van der Waals surface area contributed by atoms with Crippen molar-refractivity contribution in [2.75, 3.05) is 19.8 Å². The van der Waals surface area contributed by atoms with Crippen LogP contribution in [0.5, 0.6) is 6.08 Å². The second kappa shape index (κ2) is 10.8. The lowest BCUT2D eigenvalue weighted by molar-refractivity contribution is -0.325. The molecule has 0 unspecified atom stereocenters. The van der Waals surface area contributed by atoms with Gasteiger partial charge in [0.2, 0.25) is 5.89 Å². The highest BCUT2D eigenvalue weighted by molar-refractivity contribution is 5.68. The summed E-state index contributed by atoms with van der Waals surface area (Å²) in [5.74, 6) is -0.0748. The Morgan fingerprint density at radius 3 is 2.64 bits per heavy atom. The number of rotatable bonds is 8. The SMILES string of the molecule is O=C(N[C@H]1CC[C@H](c2nnc(OCCOC(F)(F)F)o2)N(C(=O)O)C1)OCc1ccccc1. The number of ether oxygens (including phenoxy) is 3. The van der Waals surface area contributed by atoms with Gasteiger partial charge in [-0.1, -0.05) is 35.4 Å². The molecule has 1 fully saturated rings. The number of carbonyl (C=O) groups is 2.